The summed E-state index contributed by atoms with van der Waals surface area (Å²) in [7, 11) is 1.80. The third kappa shape index (κ3) is 7.20. The third-order valence-corrected chi connectivity index (χ3v) is 6.17. The lowest BCUT2D eigenvalue weighted by atomic mass is 9.97. The Morgan fingerprint density at radius 3 is 2.55 bits per heavy atom. The molecule has 0 saturated carbocycles. The van der Waals surface area contributed by atoms with Gasteiger partial charge in [0.15, 0.2) is 5.96 Å². The molecule has 0 radical (unpaired) electrons. The van der Waals surface area contributed by atoms with Crippen molar-refractivity contribution in [2.24, 2.45) is 10.9 Å². The van der Waals surface area contributed by atoms with Gasteiger partial charge >= 0.3 is 5.97 Å². The maximum absolute atomic E-state index is 12.0. The van der Waals surface area contributed by atoms with Crippen molar-refractivity contribution >= 4 is 47.5 Å². The van der Waals surface area contributed by atoms with Crippen LogP contribution in [0.3, 0.4) is 0 Å². The van der Waals surface area contributed by atoms with Gasteiger partial charge in [-0.25, -0.2) is 0 Å². The van der Waals surface area contributed by atoms with E-state index >= 15 is 0 Å². The lowest BCUT2D eigenvalue weighted by molar-refractivity contribution is -0.149. The summed E-state index contributed by atoms with van der Waals surface area (Å²) in [6.45, 7) is 7.79. The van der Waals surface area contributed by atoms with Gasteiger partial charge in [0.05, 0.1) is 31.8 Å². The minimum atomic E-state index is -0.0776. The Bertz CT molecular complexity index is 722. The number of likely N-dealkylation sites (tertiary alicyclic amines) is 1. The molecule has 2 heterocycles. The van der Waals surface area contributed by atoms with E-state index in [4.69, 9.17) is 21.1 Å². The number of carbonyl (C=O) groups excluding carboxylic acids is 1. The minimum absolute atomic E-state index is 0. The fraction of sp³-hybridized carbons (Fsp3) is 0.636. The van der Waals surface area contributed by atoms with E-state index < -0.39 is 0 Å². The summed E-state index contributed by atoms with van der Waals surface area (Å²) >= 11 is 6.54. The van der Waals surface area contributed by atoms with Crippen LogP contribution in [0.5, 0.6) is 0 Å². The molecule has 1 unspecified atom stereocenters. The summed E-state index contributed by atoms with van der Waals surface area (Å²) in [5.41, 5.74) is 1.12. The number of nitrogens with one attached hydrogen (secondary N) is 1. The molecule has 7 nitrogen and oxygen atoms in total. The molecule has 9 heteroatoms. The molecule has 0 amide bonds. The maximum atomic E-state index is 12.0. The second kappa shape index (κ2) is 13.4. The fourth-order valence-corrected chi connectivity index (χ4v) is 4.44. The van der Waals surface area contributed by atoms with E-state index in [9.17, 15) is 4.79 Å². The summed E-state index contributed by atoms with van der Waals surface area (Å²) in [5, 5.41) is 4.33. The van der Waals surface area contributed by atoms with Crippen molar-refractivity contribution in [3.63, 3.8) is 0 Å². The van der Waals surface area contributed by atoms with E-state index in [1.54, 1.807) is 7.05 Å². The van der Waals surface area contributed by atoms with Crippen LogP contribution in [0.2, 0.25) is 5.02 Å². The summed E-state index contributed by atoms with van der Waals surface area (Å²) in [6.07, 6.45) is 1.58. The maximum Gasteiger partial charge on any atom is 0.309 e. The summed E-state index contributed by atoms with van der Waals surface area (Å²) in [6, 6.07) is 8.17. The number of piperidine rings is 1. The second-order valence-electron chi connectivity index (χ2n) is 7.63. The van der Waals surface area contributed by atoms with Crippen molar-refractivity contribution in [3.8, 4) is 0 Å². The van der Waals surface area contributed by atoms with Crippen LogP contribution in [0.15, 0.2) is 29.3 Å². The number of benzene rings is 1. The smallest absolute Gasteiger partial charge is 0.309 e. The molecule has 1 N–H and O–H groups in total. The molecule has 31 heavy (non-hydrogen) atoms. The highest BCUT2D eigenvalue weighted by Gasteiger charge is 2.29. The molecule has 0 spiro atoms. The van der Waals surface area contributed by atoms with E-state index in [2.05, 4.69) is 26.2 Å². The molecule has 1 aromatic rings. The van der Waals surface area contributed by atoms with Crippen LogP contribution in [0.4, 0.5) is 0 Å². The van der Waals surface area contributed by atoms with E-state index in [-0.39, 0.29) is 41.9 Å². The number of morpholine rings is 1. The Balaban J connectivity index is 0.00000341. The molecular weight excluding hydrogens is 531 g/mol. The molecule has 0 aliphatic carbocycles. The van der Waals surface area contributed by atoms with E-state index in [0.717, 1.165) is 68.8 Å². The molecule has 2 saturated heterocycles. The number of aliphatic imine (C=N–C) groups is 1. The van der Waals surface area contributed by atoms with Crippen LogP contribution < -0.4 is 5.32 Å². The predicted octanol–water partition coefficient (Wildman–Crippen LogP) is 3.18. The SMILES string of the molecule is CCOC(=O)C1CCN(C(=NC)NCC(c2ccccc2Cl)N2CCOCC2)CC1.I. The van der Waals surface area contributed by atoms with Crippen LogP contribution in [0, 0.1) is 5.92 Å². The zero-order valence-electron chi connectivity index (χ0n) is 18.4. The molecule has 174 valence electrons. The van der Waals surface area contributed by atoms with Gasteiger partial charge in [0.1, 0.15) is 0 Å². The van der Waals surface area contributed by atoms with Gasteiger partial charge in [-0.1, -0.05) is 29.8 Å². The molecule has 3 rings (SSSR count). The summed E-state index contributed by atoms with van der Waals surface area (Å²) < 4.78 is 10.7. The Kier molecular flexibility index (Phi) is 11.3. The largest absolute Gasteiger partial charge is 0.466 e. The van der Waals surface area contributed by atoms with Crippen molar-refractivity contribution in [1.29, 1.82) is 0 Å². The van der Waals surface area contributed by atoms with Crippen LogP contribution in [0.1, 0.15) is 31.4 Å². The first-order chi connectivity index (χ1) is 14.6. The highest BCUT2D eigenvalue weighted by atomic mass is 127. The Hall–Kier alpha value is -1.10. The Morgan fingerprint density at radius 2 is 1.94 bits per heavy atom. The van der Waals surface area contributed by atoms with Crippen molar-refractivity contribution in [2.75, 3.05) is 59.6 Å². The highest BCUT2D eigenvalue weighted by molar-refractivity contribution is 14.0. The van der Waals surface area contributed by atoms with E-state index in [1.165, 1.54) is 0 Å². The number of guanidine groups is 1. The average molecular weight is 565 g/mol. The van der Waals surface area contributed by atoms with Gasteiger partial charge in [-0.05, 0) is 31.4 Å². The summed E-state index contributed by atoms with van der Waals surface area (Å²) in [5.74, 6) is 0.775. The molecule has 0 bridgehead atoms. The number of halogens is 2. The van der Waals surface area contributed by atoms with Gasteiger partial charge in [-0.15, -0.1) is 24.0 Å². The van der Waals surface area contributed by atoms with Crippen LogP contribution in [-0.2, 0) is 14.3 Å². The number of rotatable bonds is 6. The zero-order chi connectivity index (χ0) is 21.3. The van der Waals surface area contributed by atoms with Crippen molar-refractivity contribution in [3.05, 3.63) is 34.9 Å². The van der Waals surface area contributed by atoms with Crippen LogP contribution >= 0.6 is 35.6 Å². The number of ether oxygens (including phenoxy) is 2. The monoisotopic (exact) mass is 564 g/mol. The molecular formula is C22H34ClIN4O3. The van der Waals surface area contributed by atoms with Crippen molar-refractivity contribution in [2.45, 2.75) is 25.8 Å². The topological polar surface area (TPSA) is 66.4 Å². The minimum Gasteiger partial charge on any atom is -0.466 e. The Labute approximate surface area is 207 Å². The van der Waals surface area contributed by atoms with Crippen LogP contribution in [0.25, 0.3) is 0 Å². The zero-order valence-corrected chi connectivity index (χ0v) is 21.5. The Morgan fingerprint density at radius 1 is 1.26 bits per heavy atom. The van der Waals surface area contributed by atoms with E-state index in [0.29, 0.717) is 13.2 Å². The quantitative estimate of drug-likeness (QED) is 0.248. The van der Waals surface area contributed by atoms with Gasteiger partial charge in [0.25, 0.3) is 0 Å². The van der Waals surface area contributed by atoms with Gasteiger partial charge in [0.2, 0.25) is 0 Å². The molecule has 0 aromatic heterocycles. The lowest BCUT2D eigenvalue weighted by Gasteiger charge is -2.37. The predicted molar refractivity (Wildman–Crippen MR) is 134 cm³/mol. The summed E-state index contributed by atoms with van der Waals surface area (Å²) in [4.78, 5) is 21.1. The first-order valence-electron chi connectivity index (χ1n) is 10.8. The normalized spacial score (nSPS) is 19.5. The lowest BCUT2D eigenvalue weighted by Crippen LogP contribution is -2.50. The number of hydrogen-bond donors (Lipinski definition) is 1. The number of hydrogen-bond acceptors (Lipinski definition) is 5. The fourth-order valence-electron chi connectivity index (χ4n) is 4.18. The molecule has 2 aliphatic rings. The molecule has 1 aromatic carbocycles. The average Bonchev–Trinajstić information content (AvgIpc) is 2.79. The van der Waals surface area contributed by atoms with Crippen molar-refractivity contribution < 1.29 is 14.3 Å². The van der Waals surface area contributed by atoms with Crippen LogP contribution in [-0.4, -0.2) is 81.3 Å². The molecule has 1 atom stereocenters. The molecule has 2 fully saturated rings. The van der Waals surface area contributed by atoms with Gasteiger partial charge in [0, 0.05) is 44.8 Å². The number of esters is 1. The third-order valence-electron chi connectivity index (χ3n) is 5.83. The van der Waals surface area contributed by atoms with Gasteiger partial charge in [-0.2, -0.15) is 0 Å². The van der Waals surface area contributed by atoms with E-state index in [1.807, 2.05) is 25.1 Å². The number of carbonyl (C=O) groups is 1. The second-order valence-corrected chi connectivity index (χ2v) is 8.03. The molecule has 2 aliphatic heterocycles. The first kappa shape index (κ1) is 26.2. The van der Waals surface area contributed by atoms with Gasteiger partial charge < -0.3 is 19.7 Å². The number of nitrogens with zero attached hydrogens (tertiary/aromatic N) is 3. The highest BCUT2D eigenvalue weighted by Crippen LogP contribution is 2.28. The van der Waals surface area contributed by atoms with Crippen molar-refractivity contribution in [1.82, 2.24) is 15.1 Å². The van der Waals surface area contributed by atoms with Gasteiger partial charge in [-0.3, -0.25) is 14.7 Å². The first-order valence-corrected chi connectivity index (χ1v) is 11.2. The standard InChI is InChI=1S/C22H33ClN4O3.HI/c1-3-30-21(28)17-8-10-27(11-9-17)22(24-2)25-16-20(26-12-14-29-15-13-26)18-6-4-5-7-19(18)23;/h4-7,17,20H,3,8-16H2,1-2H3,(H,24,25);1H.